The van der Waals surface area contributed by atoms with Crippen molar-refractivity contribution in [2.45, 2.75) is 77.0 Å². The standard InChI is InChI=1S/C34H40N4O2/c1-31(2)23-13-15-25(35-23)32(3,4)27-19-21(11-9-17-39)29(37-27)34(7,8)30-22(12-10-18-40)20-28(38-30)33(5,6)26-16-14-24(31)36-26/h9-20,35-38H,1-8H3/b11-9+,12-10+. The molecule has 0 aromatic carbocycles. The molecule has 6 heteroatoms. The first kappa shape index (κ1) is 27.5. The zero-order valence-corrected chi connectivity index (χ0v) is 24.7. The van der Waals surface area contributed by atoms with Crippen LogP contribution in [0.5, 0.6) is 0 Å². The Morgan fingerprint density at radius 1 is 0.475 bits per heavy atom. The van der Waals surface area contributed by atoms with Crippen LogP contribution in [-0.2, 0) is 31.2 Å². The van der Waals surface area contributed by atoms with Gasteiger partial charge in [-0.25, -0.2) is 0 Å². The van der Waals surface area contributed by atoms with Gasteiger partial charge < -0.3 is 19.9 Å². The third-order valence-electron chi connectivity index (χ3n) is 9.07. The fourth-order valence-corrected chi connectivity index (χ4v) is 6.01. The minimum Gasteiger partial charge on any atom is -0.361 e. The molecule has 4 aromatic heterocycles. The summed E-state index contributed by atoms with van der Waals surface area (Å²) in [5.41, 5.74) is 8.88. The second-order valence-corrected chi connectivity index (χ2v) is 13.1. The van der Waals surface area contributed by atoms with Gasteiger partial charge in [0, 0.05) is 67.2 Å². The van der Waals surface area contributed by atoms with E-state index in [-0.39, 0.29) is 16.2 Å². The minimum atomic E-state index is -0.519. The molecule has 1 aliphatic rings. The number of fused-ring (bicyclic) bond motifs is 8. The Labute approximate surface area is 236 Å². The highest BCUT2D eigenvalue weighted by atomic mass is 16.1. The lowest BCUT2D eigenvalue weighted by Crippen LogP contribution is -2.26. The summed E-state index contributed by atoms with van der Waals surface area (Å²) in [5.74, 6) is 0. The first-order valence-corrected chi connectivity index (χ1v) is 13.9. The predicted octanol–water partition coefficient (Wildman–Crippen LogP) is 7.04. The second-order valence-electron chi connectivity index (χ2n) is 13.1. The first-order chi connectivity index (χ1) is 18.7. The van der Waals surface area contributed by atoms with E-state index >= 15 is 0 Å². The Balaban J connectivity index is 1.85. The molecular weight excluding hydrogens is 496 g/mol. The van der Waals surface area contributed by atoms with Crippen LogP contribution in [-0.4, -0.2) is 32.5 Å². The molecule has 8 bridgehead atoms. The van der Waals surface area contributed by atoms with Gasteiger partial charge in [-0.2, -0.15) is 0 Å². The first-order valence-electron chi connectivity index (χ1n) is 13.9. The molecule has 1 aliphatic heterocycles. The van der Waals surface area contributed by atoms with Crippen molar-refractivity contribution in [3.05, 3.63) is 105 Å². The number of aromatic nitrogens is 4. The highest BCUT2D eigenvalue weighted by Crippen LogP contribution is 2.43. The Morgan fingerprint density at radius 3 is 1.12 bits per heavy atom. The summed E-state index contributed by atoms with van der Waals surface area (Å²) >= 11 is 0. The molecule has 5 rings (SSSR count). The van der Waals surface area contributed by atoms with E-state index in [1.54, 1.807) is 0 Å². The number of carbonyl (C=O) groups is 2. The van der Waals surface area contributed by atoms with Gasteiger partial charge in [-0.05, 0) is 127 Å². The number of carbonyl (C=O) groups excluding carboxylic acids is 2. The number of H-pyrrole nitrogens is 4. The molecule has 0 aliphatic carbocycles. The average molecular weight is 537 g/mol. The topological polar surface area (TPSA) is 97.3 Å². The maximum atomic E-state index is 11.4. The van der Waals surface area contributed by atoms with Gasteiger partial charge in [-0.15, -0.1) is 0 Å². The van der Waals surface area contributed by atoms with Crippen LogP contribution in [0.1, 0.15) is 112 Å². The van der Waals surface area contributed by atoms with Crippen molar-refractivity contribution in [1.82, 2.24) is 19.9 Å². The second kappa shape index (κ2) is 9.26. The fourth-order valence-electron chi connectivity index (χ4n) is 6.01. The van der Waals surface area contributed by atoms with E-state index in [9.17, 15) is 9.59 Å². The zero-order valence-electron chi connectivity index (χ0n) is 24.7. The van der Waals surface area contributed by atoms with Gasteiger partial charge in [0.1, 0.15) is 12.6 Å². The molecule has 5 heterocycles. The summed E-state index contributed by atoms with van der Waals surface area (Å²) in [4.78, 5) is 37.7. The van der Waals surface area contributed by atoms with Gasteiger partial charge in [-0.3, -0.25) is 9.59 Å². The van der Waals surface area contributed by atoms with Crippen LogP contribution in [0.4, 0.5) is 0 Å². The summed E-state index contributed by atoms with van der Waals surface area (Å²) in [6.45, 7) is 17.6. The van der Waals surface area contributed by atoms with Crippen LogP contribution in [0.25, 0.3) is 12.2 Å². The molecule has 0 spiro atoms. The lowest BCUT2D eigenvalue weighted by molar-refractivity contribution is -0.104. The highest BCUT2D eigenvalue weighted by molar-refractivity contribution is 5.77. The number of nitrogens with one attached hydrogen (secondary N) is 4. The zero-order chi connectivity index (χ0) is 29.1. The molecule has 0 unspecified atom stereocenters. The fraction of sp³-hybridized carbons (Fsp3) is 0.353. The van der Waals surface area contributed by atoms with Crippen LogP contribution in [0.15, 0.2) is 48.6 Å². The Bertz CT molecular complexity index is 1520. The quantitative estimate of drug-likeness (QED) is 0.166. The van der Waals surface area contributed by atoms with Gasteiger partial charge in [-0.1, -0.05) is 0 Å². The van der Waals surface area contributed by atoms with Crippen molar-refractivity contribution in [2.75, 3.05) is 0 Å². The SMILES string of the molecule is CC1(C)c2ccc([nH]2)C(C)(C)c2cc(/C=C/C=O)c([nH]2)C(C)(C)c2[nH]c(cc2/C=C/C=O)C(C)(C)c2ccc1[nH]2. The Morgan fingerprint density at radius 2 is 0.800 bits per heavy atom. The lowest BCUT2D eigenvalue weighted by Gasteiger charge is -2.29. The van der Waals surface area contributed by atoms with E-state index in [4.69, 9.17) is 0 Å². The number of hydrogen-bond donors (Lipinski definition) is 4. The normalized spacial score (nSPS) is 18.8. The van der Waals surface area contributed by atoms with Crippen LogP contribution in [0, 0.1) is 0 Å². The number of aldehydes is 2. The number of hydrogen-bond acceptors (Lipinski definition) is 2. The predicted molar refractivity (Wildman–Crippen MR) is 162 cm³/mol. The van der Waals surface area contributed by atoms with Crippen molar-refractivity contribution in [2.24, 2.45) is 0 Å². The highest BCUT2D eigenvalue weighted by Gasteiger charge is 2.38. The molecular formula is C34H40N4O2. The molecule has 0 radical (unpaired) electrons. The molecule has 0 atom stereocenters. The number of aromatic amines is 4. The molecule has 208 valence electrons. The van der Waals surface area contributed by atoms with E-state index < -0.39 is 5.41 Å². The molecule has 6 nitrogen and oxygen atoms in total. The van der Waals surface area contributed by atoms with Crippen LogP contribution in [0.2, 0.25) is 0 Å². The summed E-state index contributed by atoms with van der Waals surface area (Å²) in [5, 5.41) is 0. The van der Waals surface area contributed by atoms with Crippen molar-refractivity contribution in [1.29, 1.82) is 0 Å². The summed E-state index contributed by atoms with van der Waals surface area (Å²) in [7, 11) is 0. The Kier molecular flexibility index (Phi) is 6.36. The molecule has 0 amide bonds. The third-order valence-corrected chi connectivity index (χ3v) is 9.07. The van der Waals surface area contributed by atoms with Gasteiger partial charge >= 0.3 is 0 Å². The molecule has 0 fully saturated rings. The van der Waals surface area contributed by atoms with Crippen LogP contribution in [0.3, 0.4) is 0 Å². The average Bonchev–Trinajstić information content (AvgIpc) is 3.70. The van der Waals surface area contributed by atoms with E-state index in [0.29, 0.717) is 0 Å². The number of rotatable bonds is 4. The third kappa shape index (κ3) is 4.17. The van der Waals surface area contributed by atoms with Crippen molar-refractivity contribution in [3.63, 3.8) is 0 Å². The molecule has 0 saturated heterocycles. The van der Waals surface area contributed by atoms with Crippen LogP contribution < -0.4 is 0 Å². The molecule has 40 heavy (non-hydrogen) atoms. The van der Waals surface area contributed by atoms with E-state index in [2.05, 4.69) is 112 Å². The minimum absolute atomic E-state index is 0.279. The Hall–Kier alpha value is -4.06. The maximum absolute atomic E-state index is 11.4. The van der Waals surface area contributed by atoms with Gasteiger partial charge in [0.25, 0.3) is 0 Å². The largest absolute Gasteiger partial charge is 0.361 e. The molecule has 4 aromatic rings. The van der Waals surface area contributed by atoms with E-state index in [1.807, 2.05) is 12.2 Å². The van der Waals surface area contributed by atoms with E-state index in [0.717, 1.165) is 69.3 Å². The van der Waals surface area contributed by atoms with Crippen molar-refractivity contribution in [3.8, 4) is 0 Å². The van der Waals surface area contributed by atoms with Gasteiger partial charge in [0.2, 0.25) is 0 Å². The molecule has 4 N–H and O–H groups in total. The van der Waals surface area contributed by atoms with E-state index in [1.165, 1.54) is 12.2 Å². The lowest BCUT2D eigenvalue weighted by atomic mass is 9.81. The monoisotopic (exact) mass is 536 g/mol. The molecule has 0 saturated carbocycles. The maximum Gasteiger partial charge on any atom is 0.142 e. The van der Waals surface area contributed by atoms with Gasteiger partial charge in [0.15, 0.2) is 0 Å². The van der Waals surface area contributed by atoms with Crippen molar-refractivity contribution >= 4 is 24.7 Å². The summed E-state index contributed by atoms with van der Waals surface area (Å²) in [6.07, 6.45) is 8.43. The van der Waals surface area contributed by atoms with Gasteiger partial charge in [0.05, 0.1) is 0 Å². The summed E-state index contributed by atoms with van der Waals surface area (Å²) in [6, 6.07) is 13.0. The van der Waals surface area contributed by atoms with Crippen molar-refractivity contribution < 1.29 is 9.59 Å². The number of allylic oxidation sites excluding steroid dienone is 2. The van der Waals surface area contributed by atoms with Crippen LogP contribution >= 0.6 is 0 Å². The summed E-state index contributed by atoms with van der Waals surface area (Å²) < 4.78 is 0. The smallest absolute Gasteiger partial charge is 0.142 e.